The summed E-state index contributed by atoms with van der Waals surface area (Å²) in [6.45, 7) is 6.72. The van der Waals surface area contributed by atoms with Crippen LogP contribution in [0.3, 0.4) is 0 Å². The molecule has 3 aromatic carbocycles. The van der Waals surface area contributed by atoms with Gasteiger partial charge >= 0.3 is 0 Å². The van der Waals surface area contributed by atoms with Crippen LogP contribution < -0.4 is 0 Å². The molecule has 0 N–H and O–H groups in total. The van der Waals surface area contributed by atoms with E-state index in [2.05, 4.69) is 99.6 Å². The number of rotatable bonds is 5. The number of thiazole rings is 2. The molecule has 2 aromatic heterocycles. The number of allylic oxidation sites excluding steroid dienone is 1. The standard InChI is InChI=1S/C37H36N2S2/c1-4-23(2)22-31-24(3)38-34(41-31)36-18-11-19-37(21-20-36,35-39-29-16-9-10-17-30(29)40-35)33(36)32-27-14-7-5-12-25(27)26-13-6-8-15-28(26)32/h5-10,12-17,22,32-33H,4,11,18-21H2,1-3H3. The average molecular weight is 573 g/mol. The second kappa shape index (κ2) is 9.47. The molecule has 8 rings (SSSR count). The van der Waals surface area contributed by atoms with Crippen LogP contribution in [0.1, 0.15) is 90.0 Å². The fraction of sp³-hybridized carbons (Fsp3) is 0.351. The van der Waals surface area contributed by atoms with Crippen molar-refractivity contribution in [3.63, 3.8) is 0 Å². The van der Waals surface area contributed by atoms with Crippen LogP contribution in [-0.2, 0) is 10.8 Å². The second-order valence-corrected chi connectivity index (χ2v) is 14.7. The molecular formula is C37H36N2S2. The van der Waals surface area contributed by atoms with Gasteiger partial charge in [-0.2, -0.15) is 0 Å². The van der Waals surface area contributed by atoms with E-state index in [1.807, 2.05) is 22.7 Å². The smallest absolute Gasteiger partial charge is 0.100 e. The van der Waals surface area contributed by atoms with Crippen LogP contribution in [0.4, 0.5) is 0 Å². The van der Waals surface area contributed by atoms with Gasteiger partial charge < -0.3 is 0 Å². The Balaban J connectivity index is 1.39. The van der Waals surface area contributed by atoms with Gasteiger partial charge in [0, 0.05) is 16.7 Å². The first kappa shape index (κ1) is 25.6. The minimum atomic E-state index is 0.0477. The van der Waals surface area contributed by atoms with Crippen molar-refractivity contribution >= 4 is 39.0 Å². The lowest BCUT2D eigenvalue weighted by molar-refractivity contribution is 0.134. The molecule has 2 bridgehead atoms. The Morgan fingerprint density at radius 1 is 0.805 bits per heavy atom. The molecule has 4 heteroatoms. The quantitative estimate of drug-likeness (QED) is 0.209. The Labute approximate surface area is 251 Å². The second-order valence-electron chi connectivity index (χ2n) is 12.6. The molecule has 3 unspecified atom stereocenters. The number of hydrogen-bond donors (Lipinski definition) is 0. The molecule has 0 amide bonds. The lowest BCUT2D eigenvalue weighted by atomic mass is 9.55. The number of aromatic nitrogens is 2. The summed E-state index contributed by atoms with van der Waals surface area (Å²) in [6.07, 6.45) is 9.52. The number of para-hydroxylation sites is 1. The van der Waals surface area contributed by atoms with Crippen LogP contribution in [0.5, 0.6) is 0 Å². The molecule has 2 nitrogen and oxygen atoms in total. The molecule has 5 aromatic rings. The minimum absolute atomic E-state index is 0.0477. The maximum Gasteiger partial charge on any atom is 0.100 e. The van der Waals surface area contributed by atoms with Crippen molar-refractivity contribution < 1.29 is 0 Å². The number of fused-ring (bicyclic) bond motifs is 6. The predicted molar refractivity (Wildman–Crippen MR) is 174 cm³/mol. The van der Waals surface area contributed by atoms with Gasteiger partial charge in [0.1, 0.15) is 5.01 Å². The molecule has 3 aliphatic rings. The van der Waals surface area contributed by atoms with Gasteiger partial charge in [0.25, 0.3) is 0 Å². The monoisotopic (exact) mass is 572 g/mol. The highest BCUT2D eigenvalue weighted by Crippen LogP contribution is 2.71. The van der Waals surface area contributed by atoms with E-state index in [4.69, 9.17) is 9.97 Å². The molecule has 2 heterocycles. The van der Waals surface area contributed by atoms with Gasteiger partial charge in [0.05, 0.1) is 25.8 Å². The van der Waals surface area contributed by atoms with E-state index >= 15 is 0 Å². The highest BCUT2D eigenvalue weighted by Gasteiger charge is 2.65. The Hall–Kier alpha value is -3.08. The summed E-state index contributed by atoms with van der Waals surface area (Å²) in [5.74, 6) is 0.765. The fourth-order valence-electron chi connectivity index (χ4n) is 8.62. The van der Waals surface area contributed by atoms with E-state index in [0.29, 0.717) is 11.8 Å². The Morgan fingerprint density at radius 3 is 2.07 bits per heavy atom. The van der Waals surface area contributed by atoms with Crippen molar-refractivity contribution in [2.45, 2.75) is 76.0 Å². The molecule has 2 saturated carbocycles. The van der Waals surface area contributed by atoms with Gasteiger partial charge in [-0.3, -0.25) is 0 Å². The van der Waals surface area contributed by atoms with E-state index in [-0.39, 0.29) is 10.8 Å². The molecule has 0 saturated heterocycles. The first-order chi connectivity index (χ1) is 20.0. The van der Waals surface area contributed by atoms with Crippen molar-refractivity contribution in [2.24, 2.45) is 5.92 Å². The van der Waals surface area contributed by atoms with E-state index in [0.717, 1.165) is 11.9 Å². The van der Waals surface area contributed by atoms with E-state index in [9.17, 15) is 0 Å². The van der Waals surface area contributed by atoms with Crippen molar-refractivity contribution in [1.29, 1.82) is 0 Å². The topological polar surface area (TPSA) is 25.8 Å². The molecule has 0 spiro atoms. The van der Waals surface area contributed by atoms with Gasteiger partial charge in [-0.15, -0.1) is 22.7 Å². The third kappa shape index (κ3) is 3.66. The molecule has 2 fully saturated rings. The van der Waals surface area contributed by atoms with E-state index in [1.165, 1.54) is 85.2 Å². The largest absolute Gasteiger partial charge is 0.245 e. The van der Waals surface area contributed by atoms with Gasteiger partial charge in [-0.1, -0.05) is 79.6 Å². The summed E-state index contributed by atoms with van der Waals surface area (Å²) in [6, 6.07) is 27.2. The van der Waals surface area contributed by atoms with E-state index in [1.54, 1.807) is 0 Å². The van der Waals surface area contributed by atoms with Crippen molar-refractivity contribution in [2.75, 3.05) is 0 Å². The zero-order valence-corrected chi connectivity index (χ0v) is 25.7. The Morgan fingerprint density at radius 2 is 1.41 bits per heavy atom. The first-order valence-electron chi connectivity index (χ1n) is 15.2. The molecular weight excluding hydrogens is 537 g/mol. The summed E-state index contributed by atoms with van der Waals surface area (Å²) in [5, 5.41) is 2.74. The highest BCUT2D eigenvalue weighted by molar-refractivity contribution is 7.18. The van der Waals surface area contributed by atoms with Gasteiger partial charge in [0.15, 0.2) is 0 Å². The summed E-state index contributed by atoms with van der Waals surface area (Å²) in [7, 11) is 0. The van der Waals surface area contributed by atoms with Crippen molar-refractivity contribution in [1.82, 2.24) is 9.97 Å². The Bertz CT molecular complexity index is 1750. The van der Waals surface area contributed by atoms with Crippen LogP contribution >= 0.6 is 22.7 Å². The van der Waals surface area contributed by atoms with Crippen LogP contribution in [0, 0.1) is 12.8 Å². The summed E-state index contributed by atoms with van der Waals surface area (Å²) in [5.41, 5.74) is 9.73. The third-order valence-corrected chi connectivity index (χ3v) is 13.2. The summed E-state index contributed by atoms with van der Waals surface area (Å²) >= 11 is 3.93. The number of aryl methyl sites for hydroxylation is 1. The zero-order chi connectivity index (χ0) is 27.8. The third-order valence-electron chi connectivity index (χ3n) is 10.6. The van der Waals surface area contributed by atoms with Gasteiger partial charge in [-0.25, -0.2) is 9.97 Å². The van der Waals surface area contributed by atoms with Crippen LogP contribution in [0.2, 0.25) is 0 Å². The minimum Gasteiger partial charge on any atom is -0.245 e. The normalized spacial score (nSPS) is 25.5. The van der Waals surface area contributed by atoms with Crippen molar-refractivity contribution in [3.05, 3.63) is 110 Å². The number of benzene rings is 3. The zero-order valence-electron chi connectivity index (χ0n) is 24.1. The molecule has 206 valence electrons. The molecule has 0 radical (unpaired) electrons. The lowest BCUT2D eigenvalue weighted by Crippen LogP contribution is -2.47. The van der Waals surface area contributed by atoms with Crippen molar-refractivity contribution in [3.8, 4) is 11.1 Å². The van der Waals surface area contributed by atoms with Gasteiger partial charge in [-0.05, 0) is 92.3 Å². The summed E-state index contributed by atoms with van der Waals surface area (Å²) < 4.78 is 1.32. The van der Waals surface area contributed by atoms with Crippen LogP contribution in [0.15, 0.2) is 78.4 Å². The molecule has 3 atom stereocenters. The van der Waals surface area contributed by atoms with Crippen LogP contribution in [-0.4, -0.2) is 9.97 Å². The average Bonchev–Trinajstić information content (AvgIpc) is 3.73. The molecule has 0 aliphatic heterocycles. The molecule has 3 aliphatic carbocycles. The summed E-state index contributed by atoms with van der Waals surface area (Å²) in [4.78, 5) is 12.2. The Kier molecular flexibility index (Phi) is 5.92. The van der Waals surface area contributed by atoms with Crippen LogP contribution in [0.25, 0.3) is 27.4 Å². The fourth-order valence-corrected chi connectivity index (χ4v) is 11.2. The first-order valence-corrected chi connectivity index (χ1v) is 16.9. The number of nitrogens with zero attached hydrogens (tertiary/aromatic N) is 2. The maximum absolute atomic E-state index is 5.45. The maximum atomic E-state index is 5.45. The van der Waals surface area contributed by atoms with E-state index < -0.39 is 0 Å². The SMILES string of the molecule is CCC(C)=Cc1sc(C23CCCC(c4nc5ccccc5s4)(CC2)C3C2c3ccccc3-c3ccccc32)nc1C. The van der Waals surface area contributed by atoms with Gasteiger partial charge in [0.2, 0.25) is 0 Å². The molecule has 41 heavy (non-hydrogen) atoms. The predicted octanol–water partition coefficient (Wildman–Crippen LogP) is 10.5. The highest BCUT2D eigenvalue weighted by atomic mass is 32.1. The number of hydrogen-bond acceptors (Lipinski definition) is 4. The lowest BCUT2D eigenvalue weighted by Gasteiger charge is -2.49.